The maximum absolute atomic E-state index is 12.3. The Morgan fingerprint density at radius 3 is 3.05 bits per heavy atom. The van der Waals surface area contributed by atoms with Crippen molar-refractivity contribution in [3.05, 3.63) is 18.0 Å². The molecule has 1 fully saturated rings. The molecule has 6 heteroatoms. The minimum absolute atomic E-state index is 0.0330. The van der Waals surface area contributed by atoms with Gasteiger partial charge in [0.1, 0.15) is 0 Å². The van der Waals surface area contributed by atoms with Crippen LogP contribution >= 0.6 is 0 Å². The molecule has 1 N–H and O–H groups in total. The predicted octanol–water partition coefficient (Wildman–Crippen LogP) is 2.04. The van der Waals surface area contributed by atoms with Crippen molar-refractivity contribution in [1.29, 1.82) is 0 Å². The third-order valence-corrected chi connectivity index (χ3v) is 3.83. The number of carbonyl (C=O) groups is 1. The van der Waals surface area contributed by atoms with Gasteiger partial charge in [-0.25, -0.2) is 4.79 Å². The fourth-order valence-electron chi connectivity index (χ4n) is 2.79. The van der Waals surface area contributed by atoms with E-state index in [1.165, 1.54) is 0 Å². The van der Waals surface area contributed by atoms with Gasteiger partial charge in [-0.05, 0) is 31.2 Å². The number of morpholine rings is 1. The highest BCUT2D eigenvalue weighted by molar-refractivity contribution is 5.74. The van der Waals surface area contributed by atoms with E-state index >= 15 is 0 Å². The number of carbonyl (C=O) groups excluding carboxylic acids is 1. The van der Waals surface area contributed by atoms with E-state index in [2.05, 4.69) is 24.3 Å². The van der Waals surface area contributed by atoms with Crippen LogP contribution in [0.15, 0.2) is 12.4 Å². The maximum Gasteiger partial charge on any atom is 0.317 e. The van der Waals surface area contributed by atoms with E-state index in [9.17, 15) is 4.79 Å². The minimum atomic E-state index is 0.0330. The van der Waals surface area contributed by atoms with Gasteiger partial charge in [-0.1, -0.05) is 13.8 Å². The first-order valence-electron chi connectivity index (χ1n) is 8.17. The van der Waals surface area contributed by atoms with Crippen LogP contribution in [-0.4, -0.2) is 53.1 Å². The van der Waals surface area contributed by atoms with Gasteiger partial charge in [0.25, 0.3) is 0 Å². The fourth-order valence-corrected chi connectivity index (χ4v) is 2.79. The quantitative estimate of drug-likeness (QED) is 0.818. The lowest BCUT2D eigenvalue weighted by molar-refractivity contribution is 0.00559. The van der Waals surface area contributed by atoms with E-state index in [0.29, 0.717) is 32.2 Å². The molecule has 2 rings (SSSR count). The highest BCUT2D eigenvalue weighted by atomic mass is 16.5. The summed E-state index contributed by atoms with van der Waals surface area (Å²) in [5.74, 6) is 0.560. The van der Waals surface area contributed by atoms with Gasteiger partial charge >= 0.3 is 6.03 Å². The minimum Gasteiger partial charge on any atom is -0.377 e. The Hall–Kier alpha value is -1.56. The van der Waals surface area contributed by atoms with Crippen LogP contribution in [0.4, 0.5) is 4.79 Å². The monoisotopic (exact) mass is 308 g/mol. The van der Waals surface area contributed by atoms with Crippen molar-refractivity contribution in [2.75, 3.05) is 26.3 Å². The topological polar surface area (TPSA) is 59.4 Å². The number of ether oxygens (including phenoxy) is 1. The number of nitrogens with one attached hydrogen (secondary N) is 1. The molecule has 0 aliphatic carbocycles. The molecule has 1 aliphatic rings. The molecular weight excluding hydrogens is 280 g/mol. The van der Waals surface area contributed by atoms with Gasteiger partial charge in [0.2, 0.25) is 0 Å². The summed E-state index contributed by atoms with van der Waals surface area (Å²) >= 11 is 0. The van der Waals surface area contributed by atoms with E-state index in [0.717, 1.165) is 24.9 Å². The third-order valence-electron chi connectivity index (χ3n) is 3.83. The second-order valence-corrected chi connectivity index (χ2v) is 6.42. The SMILES string of the molecule is Cc1cnn(CCCNC(=O)N2CCOCC2CC(C)C)c1. The van der Waals surface area contributed by atoms with Crippen molar-refractivity contribution >= 4 is 6.03 Å². The lowest BCUT2D eigenvalue weighted by Gasteiger charge is -2.36. The molecule has 0 spiro atoms. The fraction of sp³-hybridized carbons (Fsp3) is 0.750. The lowest BCUT2D eigenvalue weighted by atomic mass is 10.0. The molecule has 1 atom stereocenters. The van der Waals surface area contributed by atoms with E-state index < -0.39 is 0 Å². The maximum atomic E-state index is 12.3. The number of nitrogens with zero attached hydrogens (tertiary/aromatic N) is 3. The van der Waals surface area contributed by atoms with E-state index in [1.54, 1.807) is 0 Å². The van der Waals surface area contributed by atoms with Crippen molar-refractivity contribution in [3.63, 3.8) is 0 Å². The number of hydrogen-bond donors (Lipinski definition) is 1. The van der Waals surface area contributed by atoms with Crippen molar-refractivity contribution in [2.45, 2.75) is 46.2 Å². The van der Waals surface area contributed by atoms with Crippen LogP contribution < -0.4 is 5.32 Å². The summed E-state index contributed by atoms with van der Waals surface area (Å²) in [7, 11) is 0. The number of urea groups is 1. The highest BCUT2D eigenvalue weighted by Crippen LogP contribution is 2.15. The third kappa shape index (κ3) is 5.02. The summed E-state index contributed by atoms with van der Waals surface area (Å²) in [4.78, 5) is 14.3. The summed E-state index contributed by atoms with van der Waals surface area (Å²) in [5.41, 5.74) is 1.16. The van der Waals surface area contributed by atoms with Crippen molar-refractivity contribution in [1.82, 2.24) is 20.0 Å². The first-order chi connectivity index (χ1) is 10.6. The summed E-state index contributed by atoms with van der Waals surface area (Å²) in [5, 5.41) is 7.27. The van der Waals surface area contributed by atoms with Crippen molar-refractivity contribution < 1.29 is 9.53 Å². The standard InChI is InChI=1S/C16H28N4O2/c1-13(2)9-15-12-22-8-7-20(15)16(21)17-5-4-6-19-11-14(3)10-18-19/h10-11,13,15H,4-9,12H2,1-3H3,(H,17,21). The first kappa shape index (κ1) is 16.8. The van der Waals surface area contributed by atoms with Gasteiger partial charge in [0.05, 0.1) is 25.5 Å². The predicted molar refractivity (Wildman–Crippen MR) is 85.7 cm³/mol. The average Bonchev–Trinajstić information content (AvgIpc) is 2.89. The largest absolute Gasteiger partial charge is 0.377 e. The van der Waals surface area contributed by atoms with Gasteiger partial charge in [0, 0.05) is 25.8 Å². The van der Waals surface area contributed by atoms with Gasteiger partial charge in [0.15, 0.2) is 0 Å². The van der Waals surface area contributed by atoms with E-state index in [1.807, 2.05) is 28.9 Å². The van der Waals surface area contributed by atoms with Gasteiger partial charge in [-0.3, -0.25) is 4.68 Å². The number of aromatic nitrogens is 2. The smallest absolute Gasteiger partial charge is 0.317 e. The second-order valence-electron chi connectivity index (χ2n) is 6.42. The van der Waals surface area contributed by atoms with Gasteiger partial charge in [-0.15, -0.1) is 0 Å². The second kappa shape index (κ2) is 8.17. The molecule has 0 bridgehead atoms. The molecule has 124 valence electrons. The molecule has 0 aromatic carbocycles. The van der Waals surface area contributed by atoms with Crippen molar-refractivity contribution in [2.24, 2.45) is 5.92 Å². The van der Waals surface area contributed by atoms with E-state index in [4.69, 9.17) is 4.74 Å². The Morgan fingerprint density at radius 1 is 1.55 bits per heavy atom. The average molecular weight is 308 g/mol. The Labute approximate surface area is 132 Å². The molecule has 1 aliphatic heterocycles. The molecule has 0 saturated carbocycles. The van der Waals surface area contributed by atoms with Crippen LogP contribution in [0.3, 0.4) is 0 Å². The Bertz CT molecular complexity index is 472. The number of hydrogen-bond acceptors (Lipinski definition) is 3. The molecule has 1 saturated heterocycles. The molecule has 1 aromatic rings. The molecular formula is C16H28N4O2. The zero-order valence-corrected chi connectivity index (χ0v) is 13.9. The number of amides is 2. The molecule has 0 radical (unpaired) electrons. The van der Waals surface area contributed by atoms with E-state index in [-0.39, 0.29) is 12.1 Å². The zero-order valence-electron chi connectivity index (χ0n) is 13.9. The first-order valence-corrected chi connectivity index (χ1v) is 8.17. The van der Waals surface area contributed by atoms with Crippen LogP contribution in [0.1, 0.15) is 32.3 Å². The Morgan fingerprint density at radius 2 is 2.36 bits per heavy atom. The van der Waals surface area contributed by atoms with Crippen molar-refractivity contribution in [3.8, 4) is 0 Å². The molecule has 1 unspecified atom stereocenters. The number of aryl methyl sites for hydroxylation is 2. The molecule has 6 nitrogen and oxygen atoms in total. The lowest BCUT2D eigenvalue weighted by Crippen LogP contribution is -2.53. The van der Waals surface area contributed by atoms with Crippen LogP contribution in [0.5, 0.6) is 0 Å². The Kier molecular flexibility index (Phi) is 6.24. The molecule has 22 heavy (non-hydrogen) atoms. The van der Waals surface area contributed by atoms with Gasteiger partial charge in [-0.2, -0.15) is 5.10 Å². The summed E-state index contributed by atoms with van der Waals surface area (Å²) in [6.45, 7) is 9.84. The summed E-state index contributed by atoms with van der Waals surface area (Å²) < 4.78 is 7.43. The Balaban J connectivity index is 1.72. The van der Waals surface area contributed by atoms with Gasteiger partial charge < -0.3 is 15.0 Å². The summed E-state index contributed by atoms with van der Waals surface area (Å²) in [6.07, 6.45) is 5.73. The molecule has 2 amide bonds. The van der Waals surface area contributed by atoms with Crippen LogP contribution in [0.2, 0.25) is 0 Å². The number of rotatable bonds is 6. The molecule has 2 heterocycles. The van der Waals surface area contributed by atoms with Crippen LogP contribution in [0, 0.1) is 12.8 Å². The zero-order chi connectivity index (χ0) is 15.9. The normalized spacial score (nSPS) is 18.7. The highest BCUT2D eigenvalue weighted by Gasteiger charge is 2.27. The molecule has 1 aromatic heterocycles. The van der Waals surface area contributed by atoms with Crippen LogP contribution in [0.25, 0.3) is 0 Å². The van der Waals surface area contributed by atoms with Crippen LogP contribution in [-0.2, 0) is 11.3 Å². The summed E-state index contributed by atoms with van der Waals surface area (Å²) in [6, 6.07) is 0.230.